The van der Waals surface area contributed by atoms with Crippen LogP contribution in [0.4, 0.5) is 0 Å². The fourth-order valence-corrected chi connectivity index (χ4v) is 7.04. The zero-order chi connectivity index (χ0) is 20.0. The number of likely N-dealkylation sites (tertiary alicyclic amines) is 1. The number of fused-ring (bicyclic) bond motifs is 1. The van der Waals surface area contributed by atoms with Crippen LogP contribution in [-0.4, -0.2) is 60.3 Å². The zero-order valence-corrected chi connectivity index (χ0v) is 17.3. The van der Waals surface area contributed by atoms with Crippen molar-refractivity contribution in [1.29, 1.82) is 0 Å². The molecule has 3 atom stereocenters. The highest BCUT2D eigenvalue weighted by Gasteiger charge is 2.46. The average molecular weight is 432 g/mol. The topological polar surface area (TPSA) is 105 Å². The number of sulfonamides is 1. The average Bonchev–Trinajstić information content (AvgIpc) is 3.52. The normalized spacial score (nSPS) is 24.9. The number of hydrogen-bond donors (Lipinski definition) is 1. The van der Waals surface area contributed by atoms with Gasteiger partial charge in [-0.2, -0.15) is 0 Å². The van der Waals surface area contributed by atoms with E-state index in [0.29, 0.717) is 36.7 Å². The predicted octanol–water partition coefficient (Wildman–Crippen LogP) is 2.40. The number of nitrogens with one attached hydrogen (secondary N) is 1. The standard InChI is InChI=1S/C19H21N5O3S2/c25-19(16-3-1-8-24(16)29(26,27)17-4-2-10-28-17)23-9-6-13(12-23)18-21-14-5-7-20-11-15(14)22-18/h2,4-5,7,10-11,13,16H,1,3,6,8-9,12H2,(H-,20,21,22,26,27). The van der Waals surface area contributed by atoms with E-state index in [4.69, 9.17) is 0 Å². The minimum Gasteiger partial charge on any atom is -0.592 e. The maximum absolute atomic E-state index is 13.2. The molecule has 1 N–H and O–H groups in total. The van der Waals surface area contributed by atoms with Crippen molar-refractivity contribution in [1.82, 2.24) is 24.2 Å². The van der Waals surface area contributed by atoms with Gasteiger partial charge < -0.3 is 14.4 Å². The molecule has 2 fully saturated rings. The summed E-state index contributed by atoms with van der Waals surface area (Å²) >= 11 is 1.19. The number of rotatable bonds is 4. The number of aromatic nitrogens is 3. The van der Waals surface area contributed by atoms with Gasteiger partial charge in [0.05, 0.1) is 17.2 Å². The van der Waals surface area contributed by atoms with Crippen molar-refractivity contribution in [3.05, 3.63) is 41.8 Å². The van der Waals surface area contributed by atoms with E-state index in [9.17, 15) is 13.6 Å². The van der Waals surface area contributed by atoms with Gasteiger partial charge in [-0.3, -0.25) is 9.78 Å². The van der Waals surface area contributed by atoms with Gasteiger partial charge in [-0.1, -0.05) is 15.5 Å². The van der Waals surface area contributed by atoms with Gasteiger partial charge in [0.1, 0.15) is 11.9 Å². The molecule has 3 aromatic heterocycles. The second-order valence-corrected chi connectivity index (χ2v) is 10.6. The van der Waals surface area contributed by atoms with E-state index in [1.54, 1.807) is 34.8 Å². The van der Waals surface area contributed by atoms with Crippen molar-refractivity contribution in [2.45, 2.75) is 35.4 Å². The number of amides is 1. The molecule has 0 saturated carbocycles. The van der Waals surface area contributed by atoms with Crippen LogP contribution in [0.5, 0.6) is 0 Å². The molecule has 2 saturated heterocycles. The molecule has 5 heterocycles. The van der Waals surface area contributed by atoms with Gasteiger partial charge in [-0.15, -0.1) is 4.31 Å². The minimum absolute atomic E-state index is 0.0945. The largest absolute Gasteiger partial charge is 0.592 e. The van der Waals surface area contributed by atoms with E-state index in [2.05, 4.69) is 15.0 Å². The lowest BCUT2D eigenvalue weighted by atomic mass is 10.1. The molecule has 5 rings (SSSR count). The van der Waals surface area contributed by atoms with Crippen molar-refractivity contribution in [2.75, 3.05) is 19.6 Å². The molecule has 0 aliphatic carbocycles. The van der Waals surface area contributed by atoms with Crippen molar-refractivity contribution in [3.8, 4) is 0 Å². The third-order valence-corrected chi connectivity index (χ3v) is 9.02. The van der Waals surface area contributed by atoms with Gasteiger partial charge >= 0.3 is 0 Å². The summed E-state index contributed by atoms with van der Waals surface area (Å²) in [5.41, 5.74) is 1.75. The van der Waals surface area contributed by atoms with Gasteiger partial charge in [-0.25, -0.2) is 4.98 Å². The fourth-order valence-electron chi connectivity index (χ4n) is 4.26. The van der Waals surface area contributed by atoms with Gasteiger partial charge in [-0.05, 0) is 36.8 Å². The highest BCUT2D eigenvalue weighted by atomic mass is 32.3. The summed E-state index contributed by atoms with van der Waals surface area (Å²) < 4.78 is 27.6. The maximum Gasteiger partial charge on any atom is 0.244 e. The minimum atomic E-state index is -3.62. The lowest BCUT2D eigenvalue weighted by molar-refractivity contribution is -0.133. The Kier molecular flexibility index (Phi) is 4.73. The first-order chi connectivity index (χ1) is 14.0. The van der Waals surface area contributed by atoms with Crippen LogP contribution >= 0.6 is 11.3 Å². The van der Waals surface area contributed by atoms with Crippen molar-refractivity contribution in [3.63, 3.8) is 0 Å². The van der Waals surface area contributed by atoms with Gasteiger partial charge in [0.2, 0.25) is 10.1 Å². The number of imidazole rings is 1. The van der Waals surface area contributed by atoms with Crippen LogP contribution in [0.2, 0.25) is 0 Å². The first-order valence-electron chi connectivity index (χ1n) is 9.68. The molecule has 1 amide bonds. The lowest BCUT2D eigenvalue weighted by Crippen LogP contribution is -2.48. The predicted molar refractivity (Wildman–Crippen MR) is 109 cm³/mol. The van der Waals surface area contributed by atoms with Crippen LogP contribution in [0.1, 0.15) is 31.0 Å². The summed E-state index contributed by atoms with van der Waals surface area (Å²) in [5.74, 6) is 0.885. The van der Waals surface area contributed by atoms with E-state index >= 15 is 0 Å². The molecule has 0 aromatic carbocycles. The Morgan fingerprint density at radius 2 is 2.21 bits per heavy atom. The van der Waals surface area contributed by atoms with Crippen molar-refractivity contribution in [2.24, 2.45) is 0 Å². The number of carbonyl (C=O) groups excluding carboxylic acids is 1. The van der Waals surface area contributed by atoms with E-state index in [0.717, 1.165) is 23.3 Å². The van der Waals surface area contributed by atoms with Crippen LogP contribution in [0.3, 0.4) is 0 Å². The summed E-state index contributed by atoms with van der Waals surface area (Å²) in [6.45, 7) is 1.56. The molecule has 2 aliphatic rings. The third kappa shape index (κ3) is 3.29. The van der Waals surface area contributed by atoms with Crippen molar-refractivity contribution >= 4 is 38.7 Å². The van der Waals surface area contributed by atoms with Crippen LogP contribution < -0.4 is 0 Å². The van der Waals surface area contributed by atoms with E-state index in [-0.39, 0.29) is 11.8 Å². The molecule has 3 unspecified atom stereocenters. The van der Waals surface area contributed by atoms with Gasteiger partial charge in [0, 0.05) is 37.8 Å². The molecule has 10 heteroatoms. The van der Waals surface area contributed by atoms with Gasteiger partial charge in [0.15, 0.2) is 10.4 Å². The van der Waals surface area contributed by atoms with Crippen molar-refractivity contribution < 1.29 is 13.6 Å². The first-order valence-corrected chi connectivity index (χ1v) is 12.0. The molecule has 8 nitrogen and oxygen atoms in total. The molecule has 3 aromatic rings. The number of aromatic amines is 1. The number of carbonyl (C=O) groups is 1. The molecule has 152 valence electrons. The number of hydrogen-bond acceptors (Lipinski definition) is 6. The summed E-state index contributed by atoms with van der Waals surface area (Å²) in [6, 6.07) is 4.57. The number of pyridine rings is 1. The van der Waals surface area contributed by atoms with Gasteiger partial charge in [0.25, 0.3) is 0 Å². The molecule has 2 aliphatic heterocycles. The Balaban J connectivity index is 1.32. The highest BCUT2D eigenvalue weighted by Crippen LogP contribution is 2.34. The number of H-pyrrole nitrogens is 1. The Morgan fingerprint density at radius 1 is 1.31 bits per heavy atom. The Bertz CT molecular complexity index is 1050. The zero-order valence-electron chi connectivity index (χ0n) is 15.7. The third-order valence-electron chi connectivity index (χ3n) is 5.74. The summed E-state index contributed by atoms with van der Waals surface area (Å²) in [5, 5.41) is 1.74. The fraction of sp³-hybridized carbons (Fsp3) is 0.421. The molecule has 0 radical (unpaired) electrons. The Morgan fingerprint density at radius 3 is 3.00 bits per heavy atom. The Labute approximate surface area is 173 Å². The summed E-state index contributed by atoms with van der Waals surface area (Å²) in [4.78, 5) is 27.0. The number of thiophene rings is 1. The molecule has 0 spiro atoms. The second-order valence-electron chi connectivity index (χ2n) is 7.49. The van der Waals surface area contributed by atoms with Crippen LogP contribution in [0, 0.1) is 0 Å². The van der Waals surface area contributed by atoms with E-state index in [1.165, 1.54) is 15.6 Å². The molecule has 29 heavy (non-hydrogen) atoms. The molecular weight excluding hydrogens is 410 g/mol. The summed E-state index contributed by atoms with van der Waals surface area (Å²) in [7, 11) is -3.62. The lowest BCUT2D eigenvalue weighted by Gasteiger charge is -2.29. The second kappa shape index (κ2) is 7.28. The molecular formula is C19H21N5O3S2. The monoisotopic (exact) mass is 431 g/mol. The SMILES string of the molecule is O=C(C1CCCN1[S+](=O)([O-])c1cccs1)N1CCC(c2nc3ccncc3[nH]2)C1. The molecule has 0 bridgehead atoms. The summed E-state index contributed by atoms with van der Waals surface area (Å²) in [6.07, 6.45) is 5.54. The van der Waals surface area contributed by atoms with Crippen LogP contribution in [0.15, 0.2) is 40.2 Å². The van der Waals surface area contributed by atoms with Crippen LogP contribution in [0.25, 0.3) is 11.0 Å². The maximum atomic E-state index is 13.2. The van der Waals surface area contributed by atoms with E-state index in [1.807, 2.05) is 6.07 Å². The van der Waals surface area contributed by atoms with E-state index < -0.39 is 16.4 Å². The first kappa shape index (κ1) is 18.9. The highest BCUT2D eigenvalue weighted by molar-refractivity contribution is 7.97. The quantitative estimate of drug-likeness (QED) is 0.639. The number of nitrogens with zero attached hydrogens (tertiary/aromatic N) is 4. The Hall–Kier alpha value is -2.14. The smallest absolute Gasteiger partial charge is 0.244 e. The van der Waals surface area contributed by atoms with Crippen LogP contribution in [-0.2, 0) is 19.4 Å².